The monoisotopic (exact) mass is 603 g/mol. The topological polar surface area (TPSA) is 290 Å². The Bertz CT molecular complexity index is 825. The van der Waals surface area contributed by atoms with Crippen molar-refractivity contribution in [3.05, 3.63) is 0 Å². The lowest BCUT2D eigenvalue weighted by Gasteiger charge is -2.48. The lowest BCUT2D eigenvalue weighted by Crippen LogP contribution is -2.66. The molecule has 4 aliphatic heterocycles. The zero-order valence-electron chi connectivity index (χ0n) is 22.1. The number of rotatable bonds is 9. The highest BCUT2D eigenvalue weighted by Gasteiger charge is 2.53. The molecule has 4 rings (SSSR count). The van der Waals surface area contributed by atoms with Gasteiger partial charge in [-0.3, -0.25) is 0 Å². The van der Waals surface area contributed by atoms with Crippen LogP contribution in [-0.4, -0.2) is 193 Å². The van der Waals surface area contributed by atoms with Crippen molar-refractivity contribution in [3.8, 4) is 0 Å². The maximum absolute atomic E-state index is 10.8. The maximum Gasteiger partial charge on any atom is 0.187 e. The van der Waals surface area contributed by atoms with Crippen LogP contribution in [0.15, 0.2) is 0 Å². The van der Waals surface area contributed by atoms with E-state index in [1.54, 1.807) is 0 Å². The Balaban J connectivity index is 1.39. The highest BCUT2D eigenvalue weighted by atomic mass is 16.8. The summed E-state index contributed by atoms with van der Waals surface area (Å²) in [5.41, 5.74) is 0. The van der Waals surface area contributed by atoms with E-state index in [-0.39, 0.29) is 13.2 Å². The Morgan fingerprint density at radius 3 is 1.63 bits per heavy atom. The first-order valence-corrected chi connectivity index (χ1v) is 13.4. The van der Waals surface area contributed by atoms with Gasteiger partial charge in [0.2, 0.25) is 0 Å². The molecule has 0 amide bonds. The molecule has 240 valence electrons. The van der Waals surface area contributed by atoms with E-state index in [0.717, 1.165) is 0 Å². The number of hydrogen-bond donors (Lipinski definition) is 12. The van der Waals surface area contributed by atoms with Crippen LogP contribution in [0.3, 0.4) is 0 Å². The molecule has 0 bridgehead atoms. The highest BCUT2D eigenvalue weighted by Crippen LogP contribution is 2.33. The van der Waals surface area contributed by atoms with Crippen LogP contribution in [0.25, 0.3) is 0 Å². The summed E-state index contributed by atoms with van der Waals surface area (Å²) < 4.78 is 33.3. The number of hydrogen-bond acceptors (Lipinski definition) is 18. The second-order valence-electron chi connectivity index (χ2n) is 10.7. The molecule has 4 heterocycles. The van der Waals surface area contributed by atoms with E-state index in [4.69, 9.17) is 28.4 Å². The van der Waals surface area contributed by atoms with Gasteiger partial charge in [0.05, 0.1) is 38.1 Å². The fraction of sp³-hybridized carbons (Fsp3) is 1.00. The summed E-state index contributed by atoms with van der Waals surface area (Å²) in [6.07, 6.45) is -25.7. The van der Waals surface area contributed by atoms with Crippen molar-refractivity contribution in [2.24, 2.45) is 0 Å². The third kappa shape index (κ3) is 6.70. The minimum Gasteiger partial charge on any atom is -0.395 e. The van der Waals surface area contributed by atoms with Crippen molar-refractivity contribution in [1.82, 2.24) is 5.32 Å². The lowest BCUT2D eigenvalue weighted by molar-refractivity contribution is -0.378. The molecule has 0 radical (unpaired) electrons. The van der Waals surface area contributed by atoms with Crippen LogP contribution in [0, 0.1) is 0 Å². The zero-order valence-corrected chi connectivity index (χ0v) is 22.1. The van der Waals surface area contributed by atoms with Gasteiger partial charge in [0, 0.05) is 6.54 Å². The average molecular weight is 604 g/mol. The smallest absolute Gasteiger partial charge is 0.187 e. The molecule has 0 aromatic carbocycles. The molecule has 18 nitrogen and oxygen atoms in total. The molecule has 12 N–H and O–H groups in total. The molecule has 41 heavy (non-hydrogen) atoms. The predicted molar refractivity (Wildman–Crippen MR) is 127 cm³/mol. The van der Waals surface area contributed by atoms with Gasteiger partial charge in [-0.05, 0) is 6.92 Å². The Hall–Kier alpha value is -0.720. The van der Waals surface area contributed by atoms with Crippen molar-refractivity contribution in [2.75, 3.05) is 26.4 Å². The SMILES string of the molecule is C[C@H]1O[C@@H](O[C@H]2[C@H](O)[C@@H](O)[C@@H](O[C@H]3[C@H](O)CN[C@@H]3CO)O[C@@H]2CO)[C@H](O)[C@@H](O)[C@@H]1O[C@@H]1O[C@H](CO)[C@@H](O)[C@H](O)[C@H]1O. The van der Waals surface area contributed by atoms with Crippen LogP contribution in [0.1, 0.15) is 6.92 Å². The third-order valence-electron chi connectivity index (χ3n) is 7.88. The van der Waals surface area contributed by atoms with Crippen LogP contribution in [-0.2, 0) is 28.4 Å². The summed E-state index contributed by atoms with van der Waals surface area (Å²) in [5.74, 6) is 0. The van der Waals surface area contributed by atoms with E-state index >= 15 is 0 Å². The predicted octanol–water partition coefficient (Wildman–Crippen LogP) is -7.83. The van der Waals surface area contributed by atoms with Gasteiger partial charge >= 0.3 is 0 Å². The molecular formula is C23H41NO17. The Labute approximate surface area is 234 Å². The zero-order chi connectivity index (χ0) is 30.2. The van der Waals surface area contributed by atoms with E-state index in [9.17, 15) is 56.2 Å². The van der Waals surface area contributed by atoms with E-state index in [1.807, 2.05) is 0 Å². The van der Waals surface area contributed by atoms with Crippen LogP contribution in [0.5, 0.6) is 0 Å². The van der Waals surface area contributed by atoms with Crippen molar-refractivity contribution in [1.29, 1.82) is 0 Å². The molecule has 4 aliphatic rings. The summed E-state index contributed by atoms with van der Waals surface area (Å²) in [4.78, 5) is 0. The summed E-state index contributed by atoms with van der Waals surface area (Å²) in [7, 11) is 0. The summed E-state index contributed by atoms with van der Waals surface area (Å²) in [5, 5.41) is 115. The van der Waals surface area contributed by atoms with Gasteiger partial charge in [-0.15, -0.1) is 0 Å². The number of aliphatic hydroxyl groups is 11. The fourth-order valence-electron chi connectivity index (χ4n) is 5.41. The van der Waals surface area contributed by atoms with E-state index in [1.165, 1.54) is 6.92 Å². The molecule has 0 aromatic heterocycles. The average Bonchev–Trinajstić information content (AvgIpc) is 3.31. The van der Waals surface area contributed by atoms with Gasteiger partial charge < -0.3 is 89.9 Å². The van der Waals surface area contributed by atoms with Gasteiger partial charge in [0.25, 0.3) is 0 Å². The molecule has 0 aliphatic carbocycles. The number of ether oxygens (including phenoxy) is 6. The van der Waals surface area contributed by atoms with Gasteiger partial charge in [0.15, 0.2) is 18.9 Å². The highest BCUT2D eigenvalue weighted by molar-refractivity contribution is 4.97. The van der Waals surface area contributed by atoms with Crippen molar-refractivity contribution < 1.29 is 84.6 Å². The third-order valence-corrected chi connectivity index (χ3v) is 7.88. The first-order chi connectivity index (χ1) is 19.4. The minimum absolute atomic E-state index is 0.106. The molecule has 4 saturated heterocycles. The Kier molecular flexibility index (Phi) is 11.3. The van der Waals surface area contributed by atoms with Crippen molar-refractivity contribution in [2.45, 2.75) is 117 Å². The fourth-order valence-corrected chi connectivity index (χ4v) is 5.41. The maximum atomic E-state index is 10.8. The van der Waals surface area contributed by atoms with Crippen LogP contribution < -0.4 is 5.32 Å². The number of aliphatic hydroxyl groups excluding tert-OH is 11. The molecule has 18 heteroatoms. The minimum atomic E-state index is -1.84. The second-order valence-corrected chi connectivity index (χ2v) is 10.7. The van der Waals surface area contributed by atoms with Crippen molar-refractivity contribution >= 4 is 0 Å². The molecule has 0 spiro atoms. The normalized spacial score (nSPS) is 53.0. The van der Waals surface area contributed by atoms with Crippen molar-refractivity contribution in [3.63, 3.8) is 0 Å². The second kappa shape index (κ2) is 13.9. The summed E-state index contributed by atoms with van der Waals surface area (Å²) in [6.45, 7) is -0.324. The molecule has 0 aromatic rings. The first-order valence-electron chi connectivity index (χ1n) is 13.4. The van der Waals surface area contributed by atoms with Crippen LogP contribution in [0.2, 0.25) is 0 Å². The largest absolute Gasteiger partial charge is 0.395 e. The summed E-state index contributed by atoms with van der Waals surface area (Å²) in [6, 6.07) is -0.675. The van der Waals surface area contributed by atoms with Gasteiger partial charge in [0.1, 0.15) is 73.2 Å². The molecule has 0 saturated carbocycles. The molecular weight excluding hydrogens is 562 g/mol. The van der Waals surface area contributed by atoms with Gasteiger partial charge in [-0.25, -0.2) is 0 Å². The van der Waals surface area contributed by atoms with Gasteiger partial charge in [-0.1, -0.05) is 0 Å². The van der Waals surface area contributed by atoms with E-state index < -0.39 is 124 Å². The molecule has 0 unspecified atom stereocenters. The Morgan fingerprint density at radius 1 is 0.561 bits per heavy atom. The summed E-state index contributed by atoms with van der Waals surface area (Å²) >= 11 is 0. The van der Waals surface area contributed by atoms with Gasteiger partial charge in [-0.2, -0.15) is 0 Å². The first kappa shape index (κ1) is 33.2. The van der Waals surface area contributed by atoms with E-state index in [2.05, 4.69) is 5.32 Å². The number of nitrogens with one attached hydrogen (secondary N) is 1. The lowest BCUT2D eigenvalue weighted by atomic mass is 9.96. The van der Waals surface area contributed by atoms with E-state index in [0.29, 0.717) is 0 Å². The van der Waals surface area contributed by atoms with Crippen LogP contribution >= 0.6 is 0 Å². The van der Waals surface area contributed by atoms with Crippen LogP contribution in [0.4, 0.5) is 0 Å². The quantitative estimate of drug-likeness (QED) is 0.116. The Morgan fingerprint density at radius 2 is 1.05 bits per heavy atom. The standard InChI is InChI=1S/C23H41NO17/c1-6-18(39-22-15(33)12(30)11(29)9(4-26)37-22)13(31)16(34)21(36-6)41-20-10(5-27)38-23(17(35)14(20)32)40-19-7(3-25)24-2-8(19)28/h6-35H,2-5H2,1H3/t6-,7-,8-,9-,10-,11-,12+,13-,14-,15-,16-,17-,18-,19-,20-,21+,22+,23-/m1/s1. The number of β-amino-alcohol motifs (C(OH)–C–C–N with tert-alkyl or cyclic N) is 1. The molecule has 4 fully saturated rings. The molecule has 18 atom stereocenters.